The molecule has 0 radical (unpaired) electrons. The highest BCUT2D eigenvalue weighted by atomic mass is 35.5. The Morgan fingerprint density at radius 1 is 1.10 bits per heavy atom. The predicted octanol–water partition coefficient (Wildman–Crippen LogP) is 2.90. The van der Waals surface area contributed by atoms with Crippen LogP contribution in [0.1, 0.15) is 31.2 Å². The number of hydrogen-bond acceptors (Lipinski definition) is 3. The number of rotatable bonds is 3. The van der Waals surface area contributed by atoms with E-state index in [0.717, 1.165) is 37.8 Å². The summed E-state index contributed by atoms with van der Waals surface area (Å²) in [5, 5.41) is 9.84. The molecule has 1 aromatic carbocycles. The van der Waals surface area contributed by atoms with Crippen molar-refractivity contribution >= 4 is 17.3 Å². The highest BCUT2D eigenvalue weighted by molar-refractivity contribution is 6.31. The number of hydrogen-bond donors (Lipinski definition) is 1. The van der Waals surface area contributed by atoms with Crippen molar-refractivity contribution in [1.29, 1.82) is 0 Å². The smallest absolute Gasteiger partial charge is 0.0696 e. The van der Waals surface area contributed by atoms with Crippen LogP contribution in [0.25, 0.3) is 0 Å². The molecule has 1 aliphatic heterocycles. The van der Waals surface area contributed by atoms with Crippen LogP contribution in [0.4, 0.5) is 5.69 Å². The van der Waals surface area contributed by atoms with E-state index in [1.807, 2.05) is 12.1 Å². The van der Waals surface area contributed by atoms with Crippen molar-refractivity contribution in [3.8, 4) is 0 Å². The summed E-state index contributed by atoms with van der Waals surface area (Å²) >= 11 is 6.18. The molecule has 0 atom stereocenters. The van der Waals surface area contributed by atoms with E-state index in [1.54, 1.807) is 0 Å². The number of halogens is 1. The highest BCUT2D eigenvalue weighted by Crippen LogP contribution is 2.27. The summed E-state index contributed by atoms with van der Waals surface area (Å²) < 4.78 is 0. The molecule has 110 valence electrons. The first-order valence-electron chi connectivity index (χ1n) is 7.66. The monoisotopic (exact) mass is 294 g/mol. The standard InChI is InChI=1S/C16H23ClN2O/c17-16-11-15(6-5-13(16)12-20)19-9-7-18(8-10-19)14-3-1-2-4-14/h5-6,11,14,20H,1-4,7-10,12H2. The van der Waals surface area contributed by atoms with Crippen molar-refractivity contribution in [3.05, 3.63) is 28.8 Å². The molecule has 0 unspecified atom stereocenters. The quantitative estimate of drug-likeness (QED) is 0.928. The van der Waals surface area contributed by atoms with E-state index in [1.165, 1.54) is 31.4 Å². The lowest BCUT2D eigenvalue weighted by Gasteiger charge is -2.39. The number of piperazine rings is 1. The lowest BCUT2D eigenvalue weighted by atomic mass is 10.1. The normalized spacial score (nSPS) is 21.6. The molecule has 4 heteroatoms. The fourth-order valence-corrected chi connectivity index (χ4v) is 3.71. The summed E-state index contributed by atoms with van der Waals surface area (Å²) in [5.41, 5.74) is 1.98. The van der Waals surface area contributed by atoms with Gasteiger partial charge >= 0.3 is 0 Å². The lowest BCUT2D eigenvalue weighted by Crippen LogP contribution is -2.49. The predicted molar refractivity (Wildman–Crippen MR) is 83.4 cm³/mol. The summed E-state index contributed by atoms with van der Waals surface area (Å²) in [6.45, 7) is 4.47. The van der Waals surface area contributed by atoms with Crippen molar-refractivity contribution in [2.24, 2.45) is 0 Å². The summed E-state index contributed by atoms with van der Waals surface area (Å²) in [4.78, 5) is 5.06. The third kappa shape index (κ3) is 2.95. The van der Waals surface area contributed by atoms with Gasteiger partial charge in [0.1, 0.15) is 0 Å². The minimum atomic E-state index is 0.00850. The van der Waals surface area contributed by atoms with Gasteiger partial charge in [0.25, 0.3) is 0 Å². The third-order valence-electron chi connectivity index (χ3n) is 4.73. The van der Waals surface area contributed by atoms with Gasteiger partial charge < -0.3 is 10.0 Å². The molecule has 0 amide bonds. The van der Waals surface area contributed by atoms with Crippen molar-refractivity contribution in [3.63, 3.8) is 0 Å². The first-order valence-corrected chi connectivity index (χ1v) is 8.04. The minimum absolute atomic E-state index is 0.00850. The molecule has 1 N–H and O–H groups in total. The Balaban J connectivity index is 1.61. The maximum absolute atomic E-state index is 9.17. The molecular formula is C16H23ClN2O. The van der Waals surface area contributed by atoms with Crippen LogP contribution in [-0.4, -0.2) is 42.2 Å². The minimum Gasteiger partial charge on any atom is -0.392 e. The number of nitrogens with zero attached hydrogens (tertiary/aromatic N) is 2. The fraction of sp³-hybridized carbons (Fsp3) is 0.625. The third-order valence-corrected chi connectivity index (χ3v) is 5.08. The Morgan fingerprint density at radius 2 is 1.80 bits per heavy atom. The number of aliphatic hydroxyl groups excluding tert-OH is 1. The zero-order valence-corrected chi connectivity index (χ0v) is 12.6. The number of aliphatic hydroxyl groups is 1. The Hall–Kier alpha value is -0.770. The van der Waals surface area contributed by atoms with Gasteiger partial charge in [-0.05, 0) is 30.5 Å². The molecule has 3 rings (SSSR count). The van der Waals surface area contributed by atoms with Crippen LogP contribution < -0.4 is 4.90 Å². The fourth-order valence-electron chi connectivity index (χ4n) is 3.48. The van der Waals surface area contributed by atoms with Crippen LogP contribution in [-0.2, 0) is 6.61 Å². The first-order chi connectivity index (χ1) is 9.78. The van der Waals surface area contributed by atoms with Crippen LogP contribution in [0.3, 0.4) is 0 Å². The number of benzene rings is 1. The molecule has 0 bridgehead atoms. The molecule has 20 heavy (non-hydrogen) atoms. The van der Waals surface area contributed by atoms with E-state index in [4.69, 9.17) is 11.6 Å². The molecule has 1 saturated carbocycles. The zero-order chi connectivity index (χ0) is 13.9. The SMILES string of the molecule is OCc1ccc(N2CCN(C3CCCC3)CC2)cc1Cl. The Morgan fingerprint density at radius 3 is 2.40 bits per heavy atom. The Labute approximate surface area is 126 Å². The van der Waals surface area contributed by atoms with Gasteiger partial charge in [-0.25, -0.2) is 0 Å². The second-order valence-electron chi connectivity index (χ2n) is 5.90. The average molecular weight is 295 g/mol. The maximum atomic E-state index is 9.17. The summed E-state index contributed by atoms with van der Waals surface area (Å²) in [6, 6.07) is 6.82. The van der Waals surface area contributed by atoms with Gasteiger partial charge in [-0.1, -0.05) is 30.5 Å². The number of anilines is 1. The Kier molecular flexibility index (Phi) is 4.49. The summed E-state index contributed by atoms with van der Waals surface area (Å²) in [6.07, 6.45) is 5.58. The van der Waals surface area contributed by atoms with E-state index in [2.05, 4.69) is 15.9 Å². The van der Waals surface area contributed by atoms with Gasteiger partial charge in [0, 0.05) is 42.9 Å². The van der Waals surface area contributed by atoms with E-state index < -0.39 is 0 Å². The van der Waals surface area contributed by atoms with Gasteiger partial charge in [0.2, 0.25) is 0 Å². The molecule has 2 aliphatic rings. The topological polar surface area (TPSA) is 26.7 Å². The molecule has 1 heterocycles. The first kappa shape index (κ1) is 14.2. The van der Waals surface area contributed by atoms with Crippen LogP contribution in [0, 0.1) is 0 Å². The molecule has 0 spiro atoms. The van der Waals surface area contributed by atoms with Crippen LogP contribution >= 0.6 is 11.6 Å². The van der Waals surface area contributed by atoms with Crippen molar-refractivity contribution < 1.29 is 5.11 Å². The van der Waals surface area contributed by atoms with E-state index in [-0.39, 0.29) is 6.61 Å². The molecule has 2 fully saturated rings. The molecule has 3 nitrogen and oxygen atoms in total. The summed E-state index contributed by atoms with van der Waals surface area (Å²) in [5.74, 6) is 0. The second-order valence-corrected chi connectivity index (χ2v) is 6.30. The average Bonchev–Trinajstić information content (AvgIpc) is 3.01. The van der Waals surface area contributed by atoms with Gasteiger partial charge in [0.15, 0.2) is 0 Å². The van der Waals surface area contributed by atoms with Gasteiger partial charge in [-0.2, -0.15) is 0 Å². The Bertz CT molecular complexity index is 452. The molecule has 1 saturated heterocycles. The highest BCUT2D eigenvalue weighted by Gasteiger charge is 2.26. The molecule has 0 aromatic heterocycles. The summed E-state index contributed by atoms with van der Waals surface area (Å²) in [7, 11) is 0. The van der Waals surface area contributed by atoms with Gasteiger partial charge in [-0.15, -0.1) is 0 Å². The van der Waals surface area contributed by atoms with Crippen LogP contribution in [0.2, 0.25) is 5.02 Å². The van der Waals surface area contributed by atoms with Gasteiger partial charge in [0.05, 0.1) is 6.61 Å². The van der Waals surface area contributed by atoms with Crippen molar-refractivity contribution in [2.75, 3.05) is 31.1 Å². The molecule has 1 aromatic rings. The van der Waals surface area contributed by atoms with Crippen molar-refractivity contribution in [1.82, 2.24) is 4.90 Å². The lowest BCUT2D eigenvalue weighted by molar-refractivity contribution is 0.187. The largest absolute Gasteiger partial charge is 0.392 e. The van der Waals surface area contributed by atoms with Crippen LogP contribution in [0.5, 0.6) is 0 Å². The maximum Gasteiger partial charge on any atom is 0.0696 e. The van der Waals surface area contributed by atoms with E-state index in [9.17, 15) is 5.11 Å². The zero-order valence-electron chi connectivity index (χ0n) is 11.9. The van der Waals surface area contributed by atoms with Crippen LogP contribution in [0.15, 0.2) is 18.2 Å². The van der Waals surface area contributed by atoms with E-state index >= 15 is 0 Å². The van der Waals surface area contributed by atoms with Crippen molar-refractivity contribution in [2.45, 2.75) is 38.3 Å². The van der Waals surface area contributed by atoms with E-state index in [0.29, 0.717) is 5.02 Å². The molecular weight excluding hydrogens is 272 g/mol. The van der Waals surface area contributed by atoms with Gasteiger partial charge in [-0.3, -0.25) is 4.90 Å². The second kappa shape index (κ2) is 6.33. The molecule has 1 aliphatic carbocycles.